The van der Waals surface area contributed by atoms with E-state index in [-0.39, 0.29) is 12.5 Å². The molecule has 0 radical (unpaired) electrons. The van der Waals surface area contributed by atoms with E-state index in [2.05, 4.69) is 32.0 Å². The van der Waals surface area contributed by atoms with Gasteiger partial charge >= 0.3 is 7.12 Å². The summed E-state index contributed by atoms with van der Waals surface area (Å²) in [4.78, 5) is 0. The number of hydrogen-bond donors (Lipinski definition) is 0. The Balaban J connectivity index is 1.98. The fourth-order valence-electron chi connectivity index (χ4n) is 2.47. The minimum Gasteiger partial charge on any atom is -0.497 e. The average Bonchev–Trinajstić information content (AvgIpc) is 2.46. The van der Waals surface area contributed by atoms with Crippen LogP contribution in [0.3, 0.4) is 0 Å². The van der Waals surface area contributed by atoms with Crippen molar-refractivity contribution in [3.8, 4) is 5.75 Å². The summed E-state index contributed by atoms with van der Waals surface area (Å²) in [6.07, 6.45) is 0. The lowest BCUT2D eigenvalue weighted by molar-refractivity contribution is 0.0341. The summed E-state index contributed by atoms with van der Waals surface area (Å²) in [7, 11) is 1.34. The number of ether oxygens (including phenoxy) is 1. The lowest BCUT2D eigenvalue weighted by Gasteiger charge is -2.33. The Morgan fingerprint density at radius 2 is 1.65 bits per heavy atom. The molecule has 0 amide bonds. The topological polar surface area (TPSA) is 27.7 Å². The van der Waals surface area contributed by atoms with Crippen LogP contribution in [0.5, 0.6) is 5.75 Å². The lowest BCUT2D eigenvalue weighted by atomic mass is 9.74. The predicted molar refractivity (Wildman–Crippen MR) is 81.6 cm³/mol. The quantitative estimate of drug-likeness (QED) is 0.785. The molecule has 0 aromatic heterocycles. The van der Waals surface area contributed by atoms with E-state index in [0.29, 0.717) is 13.2 Å². The summed E-state index contributed by atoms with van der Waals surface area (Å²) in [5.41, 5.74) is 1.03. The maximum atomic E-state index is 5.87. The zero-order valence-corrected chi connectivity index (χ0v) is 12.2. The first-order chi connectivity index (χ1) is 9.59. The van der Waals surface area contributed by atoms with E-state index in [0.717, 1.165) is 16.6 Å². The molecular formula is C16H19BO3. The third kappa shape index (κ3) is 2.54. The van der Waals surface area contributed by atoms with Gasteiger partial charge in [0.05, 0.1) is 7.11 Å². The second-order valence-electron chi connectivity index (χ2n) is 6.06. The van der Waals surface area contributed by atoms with E-state index >= 15 is 0 Å². The molecule has 0 atom stereocenters. The summed E-state index contributed by atoms with van der Waals surface area (Å²) in [6, 6.07) is 12.4. The SMILES string of the molecule is COc1cc2ccccc2cc1B1OCC(C)(C)CO1. The van der Waals surface area contributed by atoms with Crippen molar-refractivity contribution in [1.82, 2.24) is 0 Å². The summed E-state index contributed by atoms with van der Waals surface area (Å²) >= 11 is 0. The van der Waals surface area contributed by atoms with Gasteiger partial charge in [0.1, 0.15) is 5.75 Å². The van der Waals surface area contributed by atoms with E-state index in [1.165, 1.54) is 5.39 Å². The second-order valence-corrected chi connectivity index (χ2v) is 6.06. The molecule has 3 rings (SSSR count). The Kier molecular flexibility index (Phi) is 3.44. The average molecular weight is 270 g/mol. The lowest BCUT2D eigenvalue weighted by Crippen LogP contribution is -2.47. The molecule has 0 unspecified atom stereocenters. The number of hydrogen-bond acceptors (Lipinski definition) is 3. The molecule has 104 valence electrons. The van der Waals surface area contributed by atoms with E-state index in [9.17, 15) is 0 Å². The highest BCUT2D eigenvalue weighted by atomic mass is 16.6. The number of methoxy groups -OCH3 is 1. The van der Waals surface area contributed by atoms with Crippen molar-refractivity contribution in [3.63, 3.8) is 0 Å². The van der Waals surface area contributed by atoms with Crippen molar-refractivity contribution in [1.29, 1.82) is 0 Å². The van der Waals surface area contributed by atoms with Crippen LogP contribution in [0.15, 0.2) is 36.4 Å². The zero-order chi connectivity index (χ0) is 14.2. The van der Waals surface area contributed by atoms with Gasteiger partial charge < -0.3 is 14.0 Å². The van der Waals surface area contributed by atoms with Crippen molar-refractivity contribution < 1.29 is 14.0 Å². The van der Waals surface area contributed by atoms with Crippen molar-refractivity contribution >= 4 is 23.4 Å². The first-order valence-electron chi connectivity index (χ1n) is 6.89. The summed E-state index contributed by atoms with van der Waals surface area (Å²) in [6.45, 7) is 5.66. The Hall–Kier alpha value is -1.52. The molecule has 0 aliphatic carbocycles. The summed E-state index contributed by atoms with van der Waals surface area (Å²) < 4.78 is 17.2. The van der Waals surface area contributed by atoms with Gasteiger partial charge in [-0.3, -0.25) is 0 Å². The molecule has 0 bridgehead atoms. The Morgan fingerprint density at radius 3 is 2.25 bits per heavy atom. The minimum atomic E-state index is -0.345. The molecule has 1 aliphatic rings. The van der Waals surface area contributed by atoms with E-state index in [1.54, 1.807) is 7.11 Å². The van der Waals surface area contributed by atoms with Crippen molar-refractivity contribution in [2.45, 2.75) is 13.8 Å². The maximum absolute atomic E-state index is 5.87. The van der Waals surface area contributed by atoms with Gasteiger partial charge in [0, 0.05) is 24.1 Å². The minimum absolute atomic E-state index is 0.0700. The predicted octanol–water partition coefficient (Wildman–Crippen LogP) is 2.62. The van der Waals surface area contributed by atoms with Crippen LogP contribution in [0.25, 0.3) is 10.8 Å². The smallest absolute Gasteiger partial charge is 0.497 e. The van der Waals surface area contributed by atoms with Gasteiger partial charge in [-0.25, -0.2) is 0 Å². The summed E-state index contributed by atoms with van der Waals surface area (Å²) in [5, 5.41) is 2.32. The second kappa shape index (κ2) is 5.11. The van der Waals surface area contributed by atoms with Gasteiger partial charge in [0.2, 0.25) is 0 Å². The van der Waals surface area contributed by atoms with Crippen LogP contribution >= 0.6 is 0 Å². The van der Waals surface area contributed by atoms with Gasteiger partial charge in [-0.15, -0.1) is 0 Å². The van der Waals surface area contributed by atoms with Crippen LogP contribution in [-0.2, 0) is 9.31 Å². The van der Waals surface area contributed by atoms with Gasteiger partial charge in [-0.1, -0.05) is 44.2 Å². The Morgan fingerprint density at radius 1 is 1.05 bits per heavy atom. The van der Waals surface area contributed by atoms with Crippen LogP contribution in [0.4, 0.5) is 0 Å². The van der Waals surface area contributed by atoms with Crippen LogP contribution in [0.2, 0.25) is 0 Å². The molecule has 4 heteroatoms. The molecule has 0 N–H and O–H groups in total. The Bertz CT molecular complexity index is 614. The third-order valence-corrected chi connectivity index (χ3v) is 3.60. The fourth-order valence-corrected chi connectivity index (χ4v) is 2.47. The highest BCUT2D eigenvalue weighted by molar-refractivity contribution is 6.62. The van der Waals surface area contributed by atoms with Crippen LogP contribution in [-0.4, -0.2) is 27.4 Å². The first kappa shape index (κ1) is 13.5. The Labute approximate surface area is 120 Å². The van der Waals surface area contributed by atoms with Crippen LogP contribution in [0, 0.1) is 5.41 Å². The van der Waals surface area contributed by atoms with E-state index < -0.39 is 0 Å². The van der Waals surface area contributed by atoms with E-state index in [1.807, 2.05) is 18.2 Å². The highest BCUT2D eigenvalue weighted by Crippen LogP contribution is 2.25. The van der Waals surface area contributed by atoms with Crippen LogP contribution < -0.4 is 10.2 Å². The molecule has 20 heavy (non-hydrogen) atoms. The maximum Gasteiger partial charge on any atom is 0.497 e. The van der Waals surface area contributed by atoms with Crippen molar-refractivity contribution in [2.24, 2.45) is 5.41 Å². The molecule has 1 aliphatic heterocycles. The summed E-state index contributed by atoms with van der Waals surface area (Å²) in [5.74, 6) is 0.813. The molecule has 2 aromatic rings. The normalized spacial score (nSPS) is 18.2. The molecular weight excluding hydrogens is 251 g/mol. The molecule has 1 fully saturated rings. The largest absolute Gasteiger partial charge is 0.497 e. The van der Waals surface area contributed by atoms with Crippen molar-refractivity contribution in [3.05, 3.63) is 36.4 Å². The highest BCUT2D eigenvalue weighted by Gasteiger charge is 2.35. The fraction of sp³-hybridized carbons (Fsp3) is 0.375. The molecule has 0 spiro atoms. The molecule has 1 heterocycles. The molecule has 2 aromatic carbocycles. The standard InChI is InChI=1S/C16H19BO3/c1-16(2)10-19-17(20-11-16)14-8-12-6-4-5-7-13(12)9-15(14)18-3/h4-9H,10-11H2,1-3H3. The van der Waals surface area contributed by atoms with Crippen molar-refractivity contribution in [2.75, 3.05) is 20.3 Å². The third-order valence-electron chi connectivity index (χ3n) is 3.60. The van der Waals surface area contributed by atoms with Gasteiger partial charge in [0.25, 0.3) is 0 Å². The number of fused-ring (bicyclic) bond motifs is 1. The monoisotopic (exact) mass is 270 g/mol. The molecule has 0 saturated carbocycles. The molecule has 1 saturated heterocycles. The number of benzene rings is 2. The van der Waals surface area contributed by atoms with Gasteiger partial charge in [-0.2, -0.15) is 0 Å². The van der Waals surface area contributed by atoms with Gasteiger partial charge in [-0.05, 0) is 16.8 Å². The zero-order valence-electron chi connectivity index (χ0n) is 12.2. The number of rotatable bonds is 2. The van der Waals surface area contributed by atoms with Crippen LogP contribution in [0.1, 0.15) is 13.8 Å². The molecule has 3 nitrogen and oxygen atoms in total. The van der Waals surface area contributed by atoms with Gasteiger partial charge in [0.15, 0.2) is 0 Å². The van der Waals surface area contributed by atoms with E-state index in [4.69, 9.17) is 14.0 Å². The first-order valence-corrected chi connectivity index (χ1v) is 6.89.